The van der Waals surface area contributed by atoms with Crippen LogP contribution in [0, 0.1) is 0 Å². The van der Waals surface area contributed by atoms with E-state index < -0.39 is 0 Å². The highest BCUT2D eigenvalue weighted by molar-refractivity contribution is 9.10. The standard InChI is InChI=1S/C15H10Br2N2OS/c16-10-3-1-9(2-4-10)14(20)8-21-15-18-12-6-5-11(17)7-13(12)19-15/h1-7H,8H2,(H,18,19). The number of Topliss-reactive ketones (excluding diaryl/α,β-unsaturated/α-hetero) is 1. The van der Waals surface area contributed by atoms with E-state index in [0.717, 1.165) is 25.1 Å². The first-order chi connectivity index (χ1) is 10.1. The predicted molar refractivity (Wildman–Crippen MR) is 93.0 cm³/mol. The Hall–Kier alpha value is -1.11. The third-order valence-corrected chi connectivity index (χ3v) is 4.82. The Labute approximate surface area is 142 Å². The number of fused-ring (bicyclic) bond motifs is 1. The van der Waals surface area contributed by atoms with Gasteiger partial charge in [0.2, 0.25) is 0 Å². The molecule has 0 aliphatic rings. The second-order valence-electron chi connectivity index (χ2n) is 4.42. The Bertz CT molecular complexity index is 799. The molecule has 0 unspecified atom stereocenters. The average Bonchev–Trinajstić information content (AvgIpc) is 2.87. The van der Waals surface area contributed by atoms with Crippen molar-refractivity contribution in [3.05, 3.63) is 57.0 Å². The van der Waals surface area contributed by atoms with Gasteiger partial charge >= 0.3 is 0 Å². The van der Waals surface area contributed by atoms with Gasteiger partial charge in [-0.2, -0.15) is 0 Å². The summed E-state index contributed by atoms with van der Waals surface area (Å²) < 4.78 is 1.97. The van der Waals surface area contributed by atoms with Crippen LogP contribution in [0.2, 0.25) is 0 Å². The minimum absolute atomic E-state index is 0.0918. The molecule has 0 bridgehead atoms. The highest BCUT2D eigenvalue weighted by atomic mass is 79.9. The summed E-state index contributed by atoms with van der Waals surface area (Å²) in [5, 5.41) is 0.758. The van der Waals surface area contributed by atoms with Crippen molar-refractivity contribution in [1.82, 2.24) is 9.97 Å². The van der Waals surface area contributed by atoms with Gasteiger partial charge in [-0.05, 0) is 30.3 Å². The van der Waals surface area contributed by atoms with Crippen LogP contribution in [0.15, 0.2) is 56.6 Å². The molecule has 2 aromatic carbocycles. The molecule has 3 rings (SSSR count). The first-order valence-corrected chi connectivity index (χ1v) is 8.76. The maximum Gasteiger partial charge on any atom is 0.173 e. The normalized spacial score (nSPS) is 11.0. The molecular weight excluding hydrogens is 416 g/mol. The number of hydrogen-bond donors (Lipinski definition) is 1. The van der Waals surface area contributed by atoms with Crippen LogP contribution in [-0.2, 0) is 0 Å². The molecule has 1 N–H and O–H groups in total. The van der Waals surface area contributed by atoms with E-state index >= 15 is 0 Å². The number of carbonyl (C=O) groups is 1. The topological polar surface area (TPSA) is 45.8 Å². The molecule has 106 valence electrons. The third kappa shape index (κ3) is 3.56. The van der Waals surface area contributed by atoms with Gasteiger partial charge in [0, 0.05) is 14.5 Å². The first-order valence-electron chi connectivity index (χ1n) is 6.19. The summed E-state index contributed by atoms with van der Waals surface area (Å²) in [6, 6.07) is 13.3. The molecule has 6 heteroatoms. The number of benzene rings is 2. The number of halogens is 2. The molecule has 1 heterocycles. The van der Waals surface area contributed by atoms with E-state index in [2.05, 4.69) is 41.8 Å². The van der Waals surface area contributed by atoms with Crippen molar-refractivity contribution in [3.63, 3.8) is 0 Å². The third-order valence-electron chi connectivity index (χ3n) is 2.93. The SMILES string of the molecule is O=C(CSc1nc2ccc(Br)cc2[nH]1)c1ccc(Br)cc1. The summed E-state index contributed by atoms with van der Waals surface area (Å²) in [6.07, 6.45) is 0. The van der Waals surface area contributed by atoms with E-state index in [-0.39, 0.29) is 5.78 Å². The molecule has 0 aliphatic carbocycles. The molecule has 3 nitrogen and oxygen atoms in total. The molecule has 0 saturated carbocycles. The zero-order valence-corrected chi connectivity index (χ0v) is 14.8. The second kappa shape index (κ2) is 6.34. The zero-order chi connectivity index (χ0) is 14.8. The lowest BCUT2D eigenvalue weighted by molar-refractivity contribution is 0.102. The van der Waals surface area contributed by atoms with Gasteiger partial charge in [-0.25, -0.2) is 4.98 Å². The molecule has 3 aromatic rings. The van der Waals surface area contributed by atoms with E-state index in [1.807, 2.05) is 42.5 Å². The van der Waals surface area contributed by atoms with Gasteiger partial charge in [-0.3, -0.25) is 4.79 Å². The van der Waals surface area contributed by atoms with Crippen molar-refractivity contribution in [1.29, 1.82) is 0 Å². The molecule has 0 saturated heterocycles. The van der Waals surface area contributed by atoms with Crippen molar-refractivity contribution in [2.75, 3.05) is 5.75 Å². The number of nitrogens with one attached hydrogen (secondary N) is 1. The summed E-state index contributed by atoms with van der Waals surface area (Å²) in [6.45, 7) is 0. The van der Waals surface area contributed by atoms with Crippen molar-refractivity contribution in [2.24, 2.45) is 0 Å². The van der Waals surface area contributed by atoms with E-state index in [1.54, 1.807) is 0 Å². The number of hydrogen-bond acceptors (Lipinski definition) is 3. The number of imidazole rings is 1. The Kier molecular flexibility index (Phi) is 4.47. The fourth-order valence-electron chi connectivity index (χ4n) is 1.88. The lowest BCUT2D eigenvalue weighted by atomic mass is 10.2. The molecule has 0 atom stereocenters. The molecule has 0 spiro atoms. The van der Waals surface area contributed by atoms with E-state index in [4.69, 9.17) is 0 Å². The van der Waals surface area contributed by atoms with Crippen LogP contribution in [0.1, 0.15) is 10.4 Å². The van der Waals surface area contributed by atoms with Crippen LogP contribution in [0.25, 0.3) is 11.0 Å². The zero-order valence-electron chi connectivity index (χ0n) is 10.8. The van der Waals surface area contributed by atoms with Crippen LogP contribution in [-0.4, -0.2) is 21.5 Å². The molecule has 0 fully saturated rings. The van der Waals surface area contributed by atoms with Crippen molar-refractivity contribution < 1.29 is 4.79 Å². The van der Waals surface area contributed by atoms with E-state index in [9.17, 15) is 4.79 Å². The Balaban J connectivity index is 1.71. The summed E-state index contributed by atoms with van der Waals surface area (Å²) in [5.41, 5.74) is 2.57. The van der Waals surface area contributed by atoms with Crippen molar-refractivity contribution in [3.8, 4) is 0 Å². The number of ketones is 1. The Morgan fingerprint density at radius 3 is 2.57 bits per heavy atom. The van der Waals surface area contributed by atoms with Crippen molar-refractivity contribution in [2.45, 2.75) is 5.16 Å². The molecule has 1 aromatic heterocycles. The highest BCUT2D eigenvalue weighted by Gasteiger charge is 2.09. The summed E-state index contributed by atoms with van der Waals surface area (Å²) in [5.74, 6) is 0.456. The van der Waals surface area contributed by atoms with Gasteiger partial charge < -0.3 is 4.98 Å². The highest BCUT2D eigenvalue weighted by Crippen LogP contribution is 2.23. The Morgan fingerprint density at radius 2 is 1.81 bits per heavy atom. The van der Waals surface area contributed by atoms with Crippen LogP contribution < -0.4 is 0 Å². The Morgan fingerprint density at radius 1 is 1.10 bits per heavy atom. The number of H-pyrrole nitrogens is 1. The largest absolute Gasteiger partial charge is 0.333 e. The fraction of sp³-hybridized carbons (Fsp3) is 0.0667. The minimum Gasteiger partial charge on any atom is -0.333 e. The van der Waals surface area contributed by atoms with Crippen LogP contribution >= 0.6 is 43.6 Å². The number of aromatic nitrogens is 2. The number of carbonyl (C=O) groups excluding carboxylic acids is 1. The van der Waals surface area contributed by atoms with Crippen molar-refractivity contribution >= 4 is 60.4 Å². The molecule has 0 radical (unpaired) electrons. The quantitative estimate of drug-likeness (QED) is 0.469. The second-order valence-corrected chi connectivity index (χ2v) is 7.22. The smallest absolute Gasteiger partial charge is 0.173 e. The van der Waals surface area contributed by atoms with E-state index in [0.29, 0.717) is 11.3 Å². The van der Waals surface area contributed by atoms with Gasteiger partial charge in [-0.1, -0.05) is 55.8 Å². The lowest BCUT2D eigenvalue weighted by Gasteiger charge is -1.99. The maximum atomic E-state index is 12.1. The number of aromatic amines is 1. The number of rotatable bonds is 4. The summed E-state index contributed by atoms with van der Waals surface area (Å²) in [7, 11) is 0. The lowest BCUT2D eigenvalue weighted by Crippen LogP contribution is -2.02. The van der Waals surface area contributed by atoms with Gasteiger partial charge in [-0.15, -0.1) is 0 Å². The monoisotopic (exact) mass is 424 g/mol. The molecule has 21 heavy (non-hydrogen) atoms. The van der Waals surface area contributed by atoms with Crippen LogP contribution in [0.5, 0.6) is 0 Å². The molecular formula is C15H10Br2N2OS. The van der Waals surface area contributed by atoms with Gasteiger partial charge in [0.1, 0.15) is 0 Å². The van der Waals surface area contributed by atoms with E-state index in [1.165, 1.54) is 11.8 Å². The minimum atomic E-state index is 0.0918. The summed E-state index contributed by atoms with van der Waals surface area (Å²) >= 11 is 8.20. The van der Waals surface area contributed by atoms with Gasteiger partial charge in [0.25, 0.3) is 0 Å². The number of nitrogens with zero attached hydrogens (tertiary/aromatic N) is 1. The molecule has 0 aliphatic heterocycles. The van der Waals surface area contributed by atoms with Gasteiger partial charge in [0.15, 0.2) is 10.9 Å². The number of thioether (sulfide) groups is 1. The predicted octanol–water partition coefficient (Wildman–Crippen LogP) is 5.06. The van der Waals surface area contributed by atoms with Crippen LogP contribution in [0.4, 0.5) is 0 Å². The fourth-order valence-corrected chi connectivity index (χ4v) is 3.28. The first kappa shape index (κ1) is 14.8. The summed E-state index contributed by atoms with van der Waals surface area (Å²) in [4.78, 5) is 19.8. The van der Waals surface area contributed by atoms with Gasteiger partial charge in [0.05, 0.1) is 16.8 Å². The average molecular weight is 426 g/mol. The molecule has 0 amide bonds. The maximum absolute atomic E-state index is 12.1. The van der Waals surface area contributed by atoms with Crippen LogP contribution in [0.3, 0.4) is 0 Å².